The van der Waals surface area contributed by atoms with Gasteiger partial charge >= 0.3 is 6.09 Å². The Kier molecular flexibility index (Phi) is 4.20. The van der Waals surface area contributed by atoms with Crippen molar-refractivity contribution < 1.29 is 14.6 Å². The van der Waals surface area contributed by atoms with Crippen molar-refractivity contribution in [1.82, 2.24) is 5.32 Å². The Balaban J connectivity index is 2.60. The molecule has 0 saturated heterocycles. The van der Waals surface area contributed by atoms with Crippen molar-refractivity contribution in [3.05, 3.63) is 12.7 Å². The smallest absolute Gasteiger partial charge is 0.407 e. The van der Waals surface area contributed by atoms with Crippen molar-refractivity contribution in [2.45, 2.75) is 63.7 Å². The SMILES string of the molecule is C=C[C@@]1(O)CCCC[C@H]1NC(=O)OC(C)(C)C. The minimum atomic E-state index is -1.00. The second kappa shape index (κ2) is 5.08. The van der Waals surface area contributed by atoms with Gasteiger partial charge in [0.2, 0.25) is 0 Å². The number of aliphatic hydroxyl groups is 1. The Morgan fingerprint density at radius 1 is 1.53 bits per heavy atom. The first-order valence-corrected chi connectivity index (χ1v) is 6.12. The van der Waals surface area contributed by atoms with E-state index in [1.165, 1.54) is 6.08 Å². The molecule has 0 heterocycles. The first-order valence-electron chi connectivity index (χ1n) is 6.12. The van der Waals surface area contributed by atoms with E-state index in [1.807, 2.05) is 20.8 Å². The molecular weight excluding hydrogens is 218 g/mol. The van der Waals surface area contributed by atoms with Crippen molar-refractivity contribution in [2.75, 3.05) is 0 Å². The summed E-state index contributed by atoms with van der Waals surface area (Å²) in [6.45, 7) is 9.08. The van der Waals surface area contributed by atoms with Gasteiger partial charge in [0.05, 0.1) is 6.04 Å². The van der Waals surface area contributed by atoms with Crippen LogP contribution in [0.4, 0.5) is 4.79 Å². The number of carbonyl (C=O) groups is 1. The van der Waals surface area contributed by atoms with Gasteiger partial charge in [-0.1, -0.05) is 18.9 Å². The molecule has 1 aliphatic rings. The van der Waals surface area contributed by atoms with Crippen LogP contribution in [0, 0.1) is 0 Å². The van der Waals surface area contributed by atoms with Gasteiger partial charge in [0.15, 0.2) is 0 Å². The molecule has 0 aromatic rings. The largest absolute Gasteiger partial charge is 0.444 e. The number of nitrogens with one attached hydrogen (secondary N) is 1. The van der Waals surface area contributed by atoms with Crippen LogP contribution in [0.2, 0.25) is 0 Å². The number of rotatable bonds is 2. The van der Waals surface area contributed by atoms with Gasteiger partial charge in [-0.25, -0.2) is 4.79 Å². The van der Waals surface area contributed by atoms with Crippen LogP contribution in [0.1, 0.15) is 46.5 Å². The van der Waals surface area contributed by atoms with Crippen molar-refractivity contribution in [1.29, 1.82) is 0 Å². The lowest BCUT2D eigenvalue weighted by molar-refractivity contribution is 0.00394. The predicted octanol–water partition coefficient (Wildman–Crippen LogP) is 2.37. The van der Waals surface area contributed by atoms with Crippen LogP contribution < -0.4 is 5.32 Å². The van der Waals surface area contributed by atoms with Crippen LogP contribution in [-0.2, 0) is 4.74 Å². The van der Waals surface area contributed by atoms with Gasteiger partial charge in [0.1, 0.15) is 11.2 Å². The molecule has 4 nitrogen and oxygen atoms in total. The highest BCUT2D eigenvalue weighted by atomic mass is 16.6. The summed E-state index contributed by atoms with van der Waals surface area (Å²) >= 11 is 0. The van der Waals surface area contributed by atoms with Gasteiger partial charge in [0.25, 0.3) is 0 Å². The molecule has 0 aromatic carbocycles. The van der Waals surface area contributed by atoms with Crippen molar-refractivity contribution in [3.8, 4) is 0 Å². The van der Waals surface area contributed by atoms with Crippen molar-refractivity contribution in [2.24, 2.45) is 0 Å². The standard InChI is InChI=1S/C13H23NO3/c1-5-13(16)9-7-6-8-10(13)14-11(15)17-12(2,3)4/h5,10,16H,1,6-9H2,2-4H3,(H,14,15)/t10-,13-/m1/s1. The maximum Gasteiger partial charge on any atom is 0.407 e. The quantitative estimate of drug-likeness (QED) is 0.730. The third kappa shape index (κ3) is 4.04. The molecule has 0 bridgehead atoms. The Bertz CT molecular complexity index is 296. The maximum absolute atomic E-state index is 11.7. The summed E-state index contributed by atoms with van der Waals surface area (Å²) in [7, 11) is 0. The minimum Gasteiger partial charge on any atom is -0.444 e. The van der Waals surface area contributed by atoms with E-state index in [2.05, 4.69) is 11.9 Å². The summed E-state index contributed by atoms with van der Waals surface area (Å²) in [6.07, 6.45) is 4.38. The zero-order valence-electron chi connectivity index (χ0n) is 11.0. The molecule has 1 aliphatic carbocycles. The molecule has 1 amide bonds. The Morgan fingerprint density at radius 2 is 2.18 bits per heavy atom. The normalized spacial score (nSPS) is 29.5. The van der Waals surface area contributed by atoms with E-state index in [4.69, 9.17) is 4.74 Å². The number of amides is 1. The average Bonchev–Trinajstić information content (AvgIpc) is 2.19. The maximum atomic E-state index is 11.7. The highest BCUT2D eigenvalue weighted by molar-refractivity contribution is 5.68. The molecule has 1 fully saturated rings. The second-order valence-electron chi connectivity index (χ2n) is 5.64. The molecule has 2 atom stereocenters. The van der Waals surface area contributed by atoms with Crippen LogP contribution in [0.5, 0.6) is 0 Å². The number of alkyl carbamates (subject to hydrolysis) is 1. The van der Waals surface area contributed by atoms with Gasteiger partial charge in [-0.3, -0.25) is 0 Å². The molecule has 0 radical (unpaired) electrons. The molecule has 0 aromatic heterocycles. The molecule has 17 heavy (non-hydrogen) atoms. The van der Waals surface area contributed by atoms with Gasteiger partial charge in [-0.05, 0) is 33.6 Å². The van der Waals surface area contributed by atoms with E-state index < -0.39 is 17.3 Å². The monoisotopic (exact) mass is 241 g/mol. The summed E-state index contributed by atoms with van der Waals surface area (Å²) in [5.74, 6) is 0. The highest BCUT2D eigenvalue weighted by Gasteiger charge is 2.37. The summed E-state index contributed by atoms with van der Waals surface area (Å²) < 4.78 is 5.18. The number of ether oxygens (including phenoxy) is 1. The van der Waals surface area contributed by atoms with E-state index in [9.17, 15) is 9.90 Å². The summed E-state index contributed by atoms with van der Waals surface area (Å²) in [6, 6.07) is -0.302. The van der Waals surface area contributed by atoms with Crippen molar-refractivity contribution >= 4 is 6.09 Å². The zero-order chi connectivity index (χ0) is 13.1. The van der Waals surface area contributed by atoms with Crippen LogP contribution >= 0.6 is 0 Å². The fourth-order valence-corrected chi connectivity index (χ4v) is 2.07. The highest BCUT2D eigenvalue weighted by Crippen LogP contribution is 2.29. The van der Waals surface area contributed by atoms with E-state index >= 15 is 0 Å². The van der Waals surface area contributed by atoms with Crippen molar-refractivity contribution in [3.63, 3.8) is 0 Å². The summed E-state index contributed by atoms with van der Waals surface area (Å²) in [4.78, 5) is 11.7. The minimum absolute atomic E-state index is 0.302. The van der Waals surface area contributed by atoms with Gasteiger partial charge < -0.3 is 15.2 Å². The van der Waals surface area contributed by atoms with E-state index in [0.29, 0.717) is 6.42 Å². The fourth-order valence-electron chi connectivity index (χ4n) is 2.07. The van der Waals surface area contributed by atoms with E-state index in [0.717, 1.165) is 19.3 Å². The Hall–Kier alpha value is -1.03. The summed E-state index contributed by atoms with van der Waals surface area (Å²) in [5.41, 5.74) is -1.53. The van der Waals surface area contributed by atoms with Crippen LogP contribution in [0.25, 0.3) is 0 Å². The zero-order valence-corrected chi connectivity index (χ0v) is 11.0. The third-order valence-corrected chi connectivity index (χ3v) is 2.97. The molecule has 0 unspecified atom stereocenters. The molecule has 1 rings (SSSR count). The lowest BCUT2D eigenvalue weighted by atomic mass is 9.80. The molecule has 98 valence electrons. The first kappa shape index (κ1) is 14.0. The molecule has 4 heteroatoms. The molecule has 0 aliphatic heterocycles. The van der Waals surface area contributed by atoms with E-state index in [-0.39, 0.29) is 6.04 Å². The first-order chi connectivity index (χ1) is 7.77. The number of carbonyl (C=O) groups excluding carboxylic acids is 1. The number of hydrogen-bond donors (Lipinski definition) is 2. The second-order valence-corrected chi connectivity index (χ2v) is 5.64. The average molecular weight is 241 g/mol. The predicted molar refractivity (Wildman–Crippen MR) is 66.8 cm³/mol. The van der Waals surface area contributed by atoms with Gasteiger partial charge in [-0.15, -0.1) is 6.58 Å². The third-order valence-electron chi connectivity index (χ3n) is 2.97. The molecule has 0 spiro atoms. The topological polar surface area (TPSA) is 58.6 Å². The van der Waals surface area contributed by atoms with Crippen LogP contribution in [-0.4, -0.2) is 28.4 Å². The van der Waals surface area contributed by atoms with Crippen LogP contribution in [0.15, 0.2) is 12.7 Å². The summed E-state index contributed by atoms with van der Waals surface area (Å²) in [5, 5.41) is 13.0. The molecule has 1 saturated carbocycles. The van der Waals surface area contributed by atoms with Gasteiger partial charge in [0, 0.05) is 0 Å². The molecular formula is C13H23NO3. The molecule has 2 N–H and O–H groups in total. The van der Waals surface area contributed by atoms with Crippen LogP contribution in [0.3, 0.4) is 0 Å². The number of hydrogen-bond acceptors (Lipinski definition) is 3. The Labute approximate surface area is 103 Å². The Morgan fingerprint density at radius 3 is 2.71 bits per heavy atom. The lowest BCUT2D eigenvalue weighted by Crippen LogP contribution is -2.54. The van der Waals surface area contributed by atoms with E-state index in [1.54, 1.807) is 0 Å². The lowest BCUT2D eigenvalue weighted by Gasteiger charge is -2.38. The van der Waals surface area contributed by atoms with Gasteiger partial charge in [-0.2, -0.15) is 0 Å². The fraction of sp³-hybridized carbons (Fsp3) is 0.769.